The first-order valence-electron chi connectivity index (χ1n) is 20.1. The van der Waals surface area contributed by atoms with Crippen LogP contribution in [0, 0.1) is 0 Å². The van der Waals surface area contributed by atoms with Gasteiger partial charge in [0, 0.05) is 0 Å². The Hall–Kier alpha value is -7.54. The Morgan fingerprint density at radius 3 is 1.31 bits per heavy atom. The SMILES string of the molecule is c1ccc(-c2c3ccccc3c(-c3cc(-c4ccccc4-c4cccc(-c5cccc6ccccc56)c4)ccc3-c3ccc4ccccc4c3)c3ccccc23)cc1. The average molecular weight is 735 g/mol. The van der Waals surface area contributed by atoms with Crippen LogP contribution in [0.1, 0.15) is 0 Å². The number of fused-ring (bicyclic) bond motifs is 4. The highest BCUT2D eigenvalue weighted by molar-refractivity contribution is 6.22. The first-order chi connectivity index (χ1) is 28.8. The van der Waals surface area contributed by atoms with Crippen molar-refractivity contribution in [3.05, 3.63) is 231 Å². The largest absolute Gasteiger partial charge is 0.0622 e. The van der Waals surface area contributed by atoms with Crippen LogP contribution in [0.4, 0.5) is 0 Å². The zero-order valence-corrected chi connectivity index (χ0v) is 31.9. The second kappa shape index (κ2) is 14.2. The van der Waals surface area contributed by atoms with Gasteiger partial charge in [0.2, 0.25) is 0 Å². The van der Waals surface area contributed by atoms with E-state index < -0.39 is 0 Å². The van der Waals surface area contributed by atoms with E-state index in [9.17, 15) is 0 Å². The Kier molecular flexibility index (Phi) is 8.26. The Morgan fingerprint density at radius 1 is 0.172 bits per heavy atom. The molecular formula is C58H38. The molecule has 0 amide bonds. The summed E-state index contributed by atoms with van der Waals surface area (Å²) in [6, 6.07) is 84.7. The van der Waals surface area contributed by atoms with Gasteiger partial charge in [-0.05, 0) is 128 Å². The molecule has 270 valence electrons. The molecule has 11 aromatic rings. The Balaban J connectivity index is 1.17. The fourth-order valence-corrected chi connectivity index (χ4v) is 9.18. The highest BCUT2D eigenvalue weighted by Gasteiger charge is 2.21. The molecule has 11 aromatic carbocycles. The molecule has 0 heterocycles. The lowest BCUT2D eigenvalue weighted by Crippen LogP contribution is -1.94. The van der Waals surface area contributed by atoms with Crippen LogP contribution in [0.3, 0.4) is 0 Å². The summed E-state index contributed by atoms with van der Waals surface area (Å²) < 4.78 is 0. The van der Waals surface area contributed by atoms with Crippen molar-refractivity contribution in [3.8, 4) is 66.8 Å². The van der Waals surface area contributed by atoms with Crippen molar-refractivity contribution < 1.29 is 0 Å². The lowest BCUT2D eigenvalue weighted by molar-refractivity contribution is 1.56. The minimum absolute atomic E-state index is 1.19. The quantitative estimate of drug-likeness (QED) is 0.149. The predicted octanol–water partition coefficient (Wildman–Crippen LogP) is 16.3. The van der Waals surface area contributed by atoms with Crippen LogP contribution in [-0.4, -0.2) is 0 Å². The minimum atomic E-state index is 1.19. The summed E-state index contributed by atoms with van der Waals surface area (Å²) in [5.74, 6) is 0. The fourth-order valence-electron chi connectivity index (χ4n) is 9.18. The molecule has 0 aliphatic carbocycles. The smallest absolute Gasteiger partial charge is 0.00199 e. The predicted molar refractivity (Wildman–Crippen MR) is 249 cm³/mol. The molecule has 0 saturated carbocycles. The summed E-state index contributed by atoms with van der Waals surface area (Å²) in [7, 11) is 0. The molecule has 11 rings (SSSR count). The lowest BCUT2D eigenvalue weighted by atomic mass is 9.82. The highest BCUT2D eigenvalue weighted by atomic mass is 14.2. The molecule has 0 aliphatic heterocycles. The molecule has 0 aliphatic rings. The highest BCUT2D eigenvalue weighted by Crippen LogP contribution is 2.48. The molecule has 0 atom stereocenters. The van der Waals surface area contributed by atoms with Crippen molar-refractivity contribution in [2.24, 2.45) is 0 Å². The molecule has 0 aromatic heterocycles. The number of rotatable bonds is 6. The van der Waals surface area contributed by atoms with Gasteiger partial charge in [0.05, 0.1) is 0 Å². The fraction of sp³-hybridized carbons (Fsp3) is 0. The van der Waals surface area contributed by atoms with E-state index in [1.165, 1.54) is 110 Å². The second-order valence-electron chi connectivity index (χ2n) is 15.2. The average Bonchev–Trinajstić information content (AvgIpc) is 3.30. The summed E-state index contributed by atoms with van der Waals surface area (Å²) in [5.41, 5.74) is 14.7. The van der Waals surface area contributed by atoms with Gasteiger partial charge in [-0.25, -0.2) is 0 Å². The Morgan fingerprint density at radius 2 is 0.603 bits per heavy atom. The molecule has 0 nitrogen and oxygen atoms in total. The van der Waals surface area contributed by atoms with Crippen LogP contribution >= 0.6 is 0 Å². The molecule has 0 unspecified atom stereocenters. The summed E-state index contributed by atoms with van der Waals surface area (Å²) in [5, 5.41) is 9.99. The van der Waals surface area contributed by atoms with Crippen molar-refractivity contribution in [1.82, 2.24) is 0 Å². The standard InChI is InChI=1S/C58H38/c1-2-18-41(19-3-1)57-52-27-10-12-29-54(52)58(55-30-13-11-28-53(55)57)56-38-46(34-35-51(56)45-33-32-39-16-4-5-20-42(39)36-45)49-26-9-8-25-48(49)43-22-14-23-44(37-43)50-31-15-21-40-17-6-7-24-47(40)50/h1-38H. The monoisotopic (exact) mass is 734 g/mol. The third kappa shape index (κ3) is 5.78. The van der Waals surface area contributed by atoms with Crippen molar-refractivity contribution in [3.63, 3.8) is 0 Å². The molecule has 0 fully saturated rings. The van der Waals surface area contributed by atoms with Crippen molar-refractivity contribution >= 4 is 43.1 Å². The van der Waals surface area contributed by atoms with Gasteiger partial charge in [0.1, 0.15) is 0 Å². The van der Waals surface area contributed by atoms with Crippen LogP contribution in [0.15, 0.2) is 231 Å². The van der Waals surface area contributed by atoms with E-state index in [0.717, 1.165) is 0 Å². The molecule has 0 spiro atoms. The van der Waals surface area contributed by atoms with Crippen molar-refractivity contribution in [2.45, 2.75) is 0 Å². The lowest BCUT2D eigenvalue weighted by Gasteiger charge is -2.21. The van der Waals surface area contributed by atoms with E-state index in [2.05, 4.69) is 231 Å². The zero-order valence-electron chi connectivity index (χ0n) is 31.9. The van der Waals surface area contributed by atoms with Gasteiger partial charge in [-0.1, -0.05) is 212 Å². The minimum Gasteiger partial charge on any atom is -0.0622 e. The van der Waals surface area contributed by atoms with Crippen LogP contribution in [0.5, 0.6) is 0 Å². The first-order valence-corrected chi connectivity index (χ1v) is 20.1. The zero-order chi connectivity index (χ0) is 38.4. The number of hydrogen-bond donors (Lipinski definition) is 0. The third-order valence-electron chi connectivity index (χ3n) is 11.9. The topological polar surface area (TPSA) is 0 Å². The number of hydrogen-bond acceptors (Lipinski definition) is 0. The van der Waals surface area contributed by atoms with Gasteiger partial charge in [-0.3, -0.25) is 0 Å². The molecule has 0 bridgehead atoms. The third-order valence-corrected chi connectivity index (χ3v) is 11.9. The Bertz CT molecular complexity index is 3270. The summed E-state index contributed by atoms with van der Waals surface area (Å²) in [6.45, 7) is 0. The van der Waals surface area contributed by atoms with Crippen LogP contribution in [-0.2, 0) is 0 Å². The first kappa shape index (κ1) is 33.8. The van der Waals surface area contributed by atoms with Gasteiger partial charge in [0.25, 0.3) is 0 Å². The van der Waals surface area contributed by atoms with E-state index >= 15 is 0 Å². The van der Waals surface area contributed by atoms with Gasteiger partial charge in [-0.15, -0.1) is 0 Å². The molecule has 0 heteroatoms. The maximum absolute atomic E-state index is 2.45. The van der Waals surface area contributed by atoms with E-state index in [0.29, 0.717) is 0 Å². The maximum Gasteiger partial charge on any atom is -0.00199 e. The summed E-state index contributed by atoms with van der Waals surface area (Å²) in [6.07, 6.45) is 0. The molecule has 0 N–H and O–H groups in total. The van der Waals surface area contributed by atoms with E-state index in [1.54, 1.807) is 0 Å². The van der Waals surface area contributed by atoms with Gasteiger partial charge < -0.3 is 0 Å². The van der Waals surface area contributed by atoms with Crippen molar-refractivity contribution in [1.29, 1.82) is 0 Å². The normalized spacial score (nSPS) is 11.4. The van der Waals surface area contributed by atoms with E-state index in [4.69, 9.17) is 0 Å². The molecule has 58 heavy (non-hydrogen) atoms. The maximum atomic E-state index is 2.45. The molecular weight excluding hydrogens is 697 g/mol. The van der Waals surface area contributed by atoms with Crippen LogP contribution in [0.25, 0.3) is 110 Å². The van der Waals surface area contributed by atoms with Crippen molar-refractivity contribution in [2.75, 3.05) is 0 Å². The molecule has 0 radical (unpaired) electrons. The molecule has 0 saturated heterocycles. The van der Waals surface area contributed by atoms with Gasteiger partial charge in [0.15, 0.2) is 0 Å². The van der Waals surface area contributed by atoms with Gasteiger partial charge in [-0.2, -0.15) is 0 Å². The van der Waals surface area contributed by atoms with Gasteiger partial charge >= 0.3 is 0 Å². The van der Waals surface area contributed by atoms with E-state index in [1.807, 2.05) is 0 Å². The summed E-state index contributed by atoms with van der Waals surface area (Å²) in [4.78, 5) is 0. The van der Waals surface area contributed by atoms with Crippen LogP contribution in [0.2, 0.25) is 0 Å². The summed E-state index contributed by atoms with van der Waals surface area (Å²) >= 11 is 0. The van der Waals surface area contributed by atoms with Crippen LogP contribution < -0.4 is 0 Å². The number of benzene rings is 11. The van der Waals surface area contributed by atoms with E-state index in [-0.39, 0.29) is 0 Å². The second-order valence-corrected chi connectivity index (χ2v) is 15.2. The Labute approximate surface area is 339 Å².